The Morgan fingerprint density at radius 1 is 0.892 bits per heavy atom. The average Bonchev–Trinajstić information content (AvgIpc) is 2.96. The lowest BCUT2D eigenvalue weighted by Crippen LogP contribution is -2.66. The minimum absolute atomic E-state index is 0.230. The third-order valence-corrected chi connectivity index (χ3v) is 11.0. The molecule has 0 aromatic rings. The van der Waals surface area contributed by atoms with Gasteiger partial charge in [0.15, 0.2) is 15.2 Å². The van der Waals surface area contributed by atoms with Crippen LogP contribution in [-0.2, 0) is 29.0 Å². The molecule has 2 fully saturated rings. The summed E-state index contributed by atoms with van der Waals surface area (Å²) in [6.07, 6.45) is 17.8. The van der Waals surface area contributed by atoms with Crippen molar-refractivity contribution in [2.75, 3.05) is 0 Å². The van der Waals surface area contributed by atoms with Crippen LogP contribution in [0.1, 0.15) is 130 Å². The van der Waals surface area contributed by atoms with Crippen molar-refractivity contribution in [1.82, 2.24) is 4.90 Å². The van der Waals surface area contributed by atoms with Gasteiger partial charge in [-0.3, -0.25) is 9.59 Å². The number of carboxylic acids is 1. The molecule has 0 aromatic heterocycles. The highest BCUT2D eigenvalue weighted by molar-refractivity contribution is 7.93. The maximum Gasteiger partial charge on any atom is 0.328 e. The fourth-order valence-electron chi connectivity index (χ4n) is 5.76. The van der Waals surface area contributed by atoms with E-state index in [4.69, 9.17) is 4.74 Å². The Balaban J connectivity index is 1.57. The number of hydrogen-bond acceptors (Lipinski definition) is 6. The summed E-state index contributed by atoms with van der Waals surface area (Å²) >= 11 is 0. The number of esters is 1. The highest BCUT2D eigenvalue weighted by Gasteiger charge is 2.73. The molecule has 0 bridgehead atoms. The first-order valence-electron chi connectivity index (χ1n) is 14.5. The average molecular weight is 544 g/mol. The van der Waals surface area contributed by atoms with Crippen LogP contribution in [0.4, 0.5) is 0 Å². The highest BCUT2D eigenvalue weighted by atomic mass is 32.2. The van der Waals surface area contributed by atoms with Crippen molar-refractivity contribution in [1.29, 1.82) is 0 Å². The van der Waals surface area contributed by atoms with Crippen molar-refractivity contribution in [3.05, 3.63) is 0 Å². The van der Waals surface area contributed by atoms with E-state index in [1.165, 1.54) is 91.4 Å². The largest absolute Gasteiger partial charge is 0.480 e. The van der Waals surface area contributed by atoms with Gasteiger partial charge in [0.05, 0.1) is 4.75 Å². The number of fused-ring (bicyclic) bond motifs is 1. The molecule has 2 aliphatic rings. The fourth-order valence-corrected chi connectivity index (χ4v) is 8.15. The molecule has 2 saturated heterocycles. The molecular weight excluding hydrogens is 494 g/mol. The van der Waals surface area contributed by atoms with E-state index in [2.05, 4.69) is 6.92 Å². The number of nitrogens with zero attached hydrogens (tertiary/aromatic N) is 1. The Labute approximate surface area is 223 Å². The van der Waals surface area contributed by atoms with Gasteiger partial charge in [0.25, 0.3) is 0 Å². The summed E-state index contributed by atoms with van der Waals surface area (Å²) in [5, 5.41) is 8.25. The summed E-state index contributed by atoms with van der Waals surface area (Å²) in [6, 6.07) is -1.44. The Kier molecular flexibility index (Phi) is 12.4. The number of carbonyl (C=O) groups is 3. The van der Waals surface area contributed by atoms with Gasteiger partial charge in [-0.1, -0.05) is 96.8 Å². The van der Waals surface area contributed by atoms with Crippen LogP contribution in [-0.4, -0.2) is 58.5 Å². The Hall–Kier alpha value is -1.64. The van der Waals surface area contributed by atoms with Crippen LogP contribution in [0, 0.1) is 5.92 Å². The van der Waals surface area contributed by atoms with Crippen LogP contribution in [0.2, 0.25) is 0 Å². The van der Waals surface area contributed by atoms with Crippen LogP contribution in [0.15, 0.2) is 0 Å². The highest BCUT2D eigenvalue weighted by Crippen LogP contribution is 2.50. The number of rotatable bonds is 19. The van der Waals surface area contributed by atoms with Crippen molar-refractivity contribution < 1.29 is 32.6 Å². The number of β-lactam (4-membered cyclic amide) rings is 1. The Morgan fingerprint density at radius 2 is 1.32 bits per heavy atom. The molecule has 1 N–H and O–H groups in total. The van der Waals surface area contributed by atoms with E-state index >= 15 is 0 Å². The summed E-state index contributed by atoms with van der Waals surface area (Å²) in [4.78, 5) is 37.6. The maximum absolute atomic E-state index is 13.0. The normalized spacial score (nSPS) is 24.4. The van der Waals surface area contributed by atoms with Crippen LogP contribution >= 0.6 is 0 Å². The van der Waals surface area contributed by atoms with Gasteiger partial charge >= 0.3 is 11.9 Å². The zero-order valence-corrected chi connectivity index (χ0v) is 24.2. The topological polar surface area (TPSA) is 118 Å². The van der Waals surface area contributed by atoms with Gasteiger partial charge in [-0.15, -0.1) is 0 Å². The first kappa shape index (κ1) is 31.6. The summed E-state index contributed by atoms with van der Waals surface area (Å²) in [5.41, 5.74) is 0. The minimum Gasteiger partial charge on any atom is -0.480 e. The number of aliphatic carboxylic acids is 1. The molecule has 2 rings (SSSR count). The smallest absolute Gasteiger partial charge is 0.328 e. The number of amides is 1. The molecule has 0 aromatic carbocycles. The standard InChI is InChI=1S/C28H49NO7S/c1-5-6-7-8-9-10-11-12-13-14-15-16-17-18-19-20-22(30)36-21(2)23-25(31)29-24(27(32)33)28(3,4)37(34,35)26(23)29/h21,23-24,26H,5-20H2,1-4H3,(H,32,33)/t21-,23-,24+,26-/m1/s1. The van der Waals surface area contributed by atoms with Crippen molar-refractivity contribution >= 4 is 27.7 Å². The predicted molar refractivity (Wildman–Crippen MR) is 144 cm³/mol. The van der Waals surface area contributed by atoms with Crippen LogP contribution in [0.3, 0.4) is 0 Å². The third-order valence-electron chi connectivity index (χ3n) is 8.15. The number of hydrogen-bond donors (Lipinski definition) is 1. The SMILES string of the molecule is CCCCCCCCCCCCCCCCCC(=O)O[C@H](C)[C@@H]1C(=O)N2[C@@H](C(=O)O)C(C)(C)S(=O)(=O)[C@H]12. The lowest BCUT2D eigenvalue weighted by molar-refractivity contribution is -0.174. The van der Waals surface area contributed by atoms with Gasteiger partial charge < -0.3 is 14.7 Å². The van der Waals surface area contributed by atoms with Crippen molar-refractivity contribution in [2.24, 2.45) is 5.92 Å². The minimum atomic E-state index is -3.93. The Bertz CT molecular complexity index is 870. The molecule has 1 amide bonds. The molecule has 9 heteroatoms. The first-order valence-corrected chi connectivity index (χ1v) is 16.0. The predicted octanol–water partition coefficient (Wildman–Crippen LogP) is 5.62. The molecule has 37 heavy (non-hydrogen) atoms. The van der Waals surface area contributed by atoms with Crippen molar-refractivity contribution in [2.45, 2.75) is 153 Å². The van der Waals surface area contributed by atoms with E-state index in [-0.39, 0.29) is 6.42 Å². The molecule has 0 unspecified atom stereocenters. The van der Waals surface area contributed by atoms with E-state index in [9.17, 15) is 27.9 Å². The summed E-state index contributed by atoms with van der Waals surface area (Å²) in [7, 11) is -3.93. The van der Waals surface area contributed by atoms with Gasteiger partial charge in [0.1, 0.15) is 18.1 Å². The van der Waals surface area contributed by atoms with E-state index < -0.39 is 55.9 Å². The van der Waals surface area contributed by atoms with E-state index in [1.807, 2.05) is 0 Å². The number of ether oxygens (including phenoxy) is 1. The van der Waals surface area contributed by atoms with Gasteiger partial charge in [-0.05, 0) is 27.2 Å². The second-order valence-electron chi connectivity index (χ2n) is 11.4. The molecule has 214 valence electrons. The van der Waals surface area contributed by atoms with Gasteiger partial charge in [-0.2, -0.15) is 0 Å². The van der Waals surface area contributed by atoms with Crippen LogP contribution in [0.5, 0.6) is 0 Å². The second-order valence-corrected chi connectivity index (χ2v) is 14.1. The first-order chi connectivity index (χ1) is 17.5. The maximum atomic E-state index is 13.0. The summed E-state index contributed by atoms with van der Waals surface area (Å²) < 4.78 is 29.7. The summed E-state index contributed by atoms with van der Waals surface area (Å²) in [5.74, 6) is -3.43. The lowest BCUT2D eigenvalue weighted by atomic mass is 9.88. The van der Waals surface area contributed by atoms with E-state index in [0.717, 1.165) is 24.2 Å². The van der Waals surface area contributed by atoms with Gasteiger partial charge in [0, 0.05) is 6.42 Å². The molecule has 0 aliphatic carbocycles. The number of carbonyl (C=O) groups excluding carboxylic acids is 2. The molecule has 0 radical (unpaired) electrons. The quantitative estimate of drug-likeness (QED) is 0.127. The molecule has 2 aliphatic heterocycles. The van der Waals surface area contributed by atoms with E-state index in [1.54, 1.807) is 0 Å². The molecule has 2 heterocycles. The van der Waals surface area contributed by atoms with Gasteiger partial charge in [-0.25, -0.2) is 13.2 Å². The Morgan fingerprint density at radius 3 is 1.76 bits per heavy atom. The lowest BCUT2D eigenvalue weighted by Gasteiger charge is -2.44. The molecular formula is C28H49NO7S. The molecule has 0 spiro atoms. The van der Waals surface area contributed by atoms with Crippen molar-refractivity contribution in [3.8, 4) is 0 Å². The third kappa shape index (κ3) is 7.70. The van der Waals surface area contributed by atoms with Gasteiger partial charge in [0.2, 0.25) is 5.91 Å². The molecule has 0 saturated carbocycles. The molecule has 8 nitrogen and oxygen atoms in total. The zero-order chi connectivity index (χ0) is 27.6. The fraction of sp³-hybridized carbons (Fsp3) is 0.893. The van der Waals surface area contributed by atoms with Crippen LogP contribution in [0.25, 0.3) is 0 Å². The second kappa shape index (κ2) is 14.5. The number of unbranched alkanes of at least 4 members (excludes halogenated alkanes) is 14. The molecule has 4 atom stereocenters. The van der Waals surface area contributed by atoms with Crippen molar-refractivity contribution in [3.63, 3.8) is 0 Å². The van der Waals surface area contributed by atoms with E-state index in [0.29, 0.717) is 6.42 Å². The monoisotopic (exact) mass is 543 g/mol. The number of sulfone groups is 1. The zero-order valence-electron chi connectivity index (χ0n) is 23.4. The number of carboxylic acid groups (broad SMARTS) is 1. The summed E-state index contributed by atoms with van der Waals surface area (Å²) in [6.45, 7) is 6.42. The van der Waals surface area contributed by atoms with Crippen LogP contribution < -0.4 is 0 Å².